The molecule has 0 aliphatic heterocycles. The zero-order valence-corrected chi connectivity index (χ0v) is 10.6. The molecule has 1 aromatic rings. The van der Waals surface area contributed by atoms with Crippen molar-refractivity contribution < 1.29 is 13.2 Å². The van der Waals surface area contributed by atoms with Crippen LogP contribution in [0.3, 0.4) is 0 Å². The summed E-state index contributed by atoms with van der Waals surface area (Å²) in [5.41, 5.74) is -0.326. The third kappa shape index (κ3) is 3.26. The minimum Gasteiger partial charge on any atom is -0.368 e. The van der Waals surface area contributed by atoms with Gasteiger partial charge in [-0.2, -0.15) is 0 Å². The molecule has 2 N–H and O–H groups in total. The molecule has 16 heavy (non-hydrogen) atoms. The maximum absolute atomic E-state index is 11.1. The Morgan fingerprint density at radius 2 is 1.94 bits per heavy atom. The van der Waals surface area contributed by atoms with Gasteiger partial charge in [-0.25, -0.2) is 13.6 Å². The van der Waals surface area contributed by atoms with E-state index in [0.717, 1.165) is 0 Å². The first-order valence-electron chi connectivity index (χ1n) is 4.66. The molecule has 0 fully saturated rings. The van der Waals surface area contributed by atoms with Crippen molar-refractivity contribution in [3.05, 3.63) is 5.82 Å². The first-order valence-corrected chi connectivity index (χ1v) is 6.21. The summed E-state index contributed by atoms with van der Waals surface area (Å²) < 4.78 is 28.9. The van der Waals surface area contributed by atoms with Gasteiger partial charge in [-0.05, 0) is 20.8 Å². The number of nitrogens with zero attached hydrogens (tertiary/aromatic N) is 3. The molecule has 0 unspecified atom stereocenters. The van der Waals surface area contributed by atoms with Crippen molar-refractivity contribution in [3.8, 4) is 0 Å². The van der Waals surface area contributed by atoms with Crippen molar-refractivity contribution in [2.45, 2.75) is 38.1 Å². The minimum absolute atomic E-state index is 0.183. The van der Waals surface area contributed by atoms with E-state index in [-0.39, 0.29) is 17.4 Å². The highest BCUT2D eigenvalue weighted by Gasteiger charge is 2.20. The van der Waals surface area contributed by atoms with Crippen LogP contribution in [-0.2, 0) is 28.4 Å². The van der Waals surface area contributed by atoms with Crippen LogP contribution in [0.5, 0.6) is 0 Å². The molecular formula is C8H16N4O3S. The molecule has 0 aromatic carbocycles. The molecule has 0 amide bonds. The van der Waals surface area contributed by atoms with E-state index in [1.807, 2.05) is 20.8 Å². The molecule has 7 nitrogen and oxygen atoms in total. The highest BCUT2D eigenvalue weighted by molar-refractivity contribution is 7.89. The van der Waals surface area contributed by atoms with Crippen molar-refractivity contribution in [1.29, 1.82) is 0 Å². The van der Waals surface area contributed by atoms with Crippen LogP contribution >= 0.6 is 0 Å². The molecule has 1 rings (SSSR count). The molecule has 0 bridgehead atoms. The number of aromatic nitrogens is 3. The van der Waals surface area contributed by atoms with Gasteiger partial charge >= 0.3 is 0 Å². The number of hydrogen-bond donors (Lipinski definition) is 1. The Labute approximate surface area is 94.7 Å². The van der Waals surface area contributed by atoms with Gasteiger partial charge in [-0.3, -0.25) is 0 Å². The molecule has 0 aliphatic carbocycles. The standard InChI is InChI=1S/C8H16N4O3S/c1-8(2,3)15-5-6-10-11-7(12(6)4)16(9,13)14/h5H2,1-4H3,(H2,9,13,14). The van der Waals surface area contributed by atoms with Gasteiger partial charge in [0.25, 0.3) is 15.2 Å². The predicted molar refractivity (Wildman–Crippen MR) is 56.9 cm³/mol. The van der Waals surface area contributed by atoms with Gasteiger partial charge in [-0.15, -0.1) is 10.2 Å². The Hall–Kier alpha value is -0.990. The Bertz CT molecular complexity index is 472. The average molecular weight is 248 g/mol. The van der Waals surface area contributed by atoms with Crippen LogP contribution in [0.25, 0.3) is 0 Å². The Morgan fingerprint density at radius 3 is 2.31 bits per heavy atom. The van der Waals surface area contributed by atoms with Crippen LogP contribution in [0.2, 0.25) is 0 Å². The Kier molecular flexibility index (Phi) is 3.36. The maximum Gasteiger partial charge on any atom is 0.273 e. The second-order valence-electron chi connectivity index (χ2n) is 4.40. The van der Waals surface area contributed by atoms with E-state index < -0.39 is 10.0 Å². The van der Waals surface area contributed by atoms with E-state index in [9.17, 15) is 8.42 Å². The second kappa shape index (κ2) is 4.11. The Balaban J connectivity index is 2.90. The smallest absolute Gasteiger partial charge is 0.273 e. The molecular weight excluding hydrogens is 232 g/mol. The SMILES string of the molecule is Cn1c(COC(C)(C)C)nnc1S(N)(=O)=O. The second-order valence-corrected chi connectivity index (χ2v) is 5.86. The van der Waals surface area contributed by atoms with E-state index in [2.05, 4.69) is 10.2 Å². The maximum atomic E-state index is 11.1. The van der Waals surface area contributed by atoms with Crippen LogP contribution < -0.4 is 5.14 Å². The summed E-state index contributed by atoms with van der Waals surface area (Å²) in [6.45, 7) is 5.86. The number of nitrogens with two attached hydrogens (primary N) is 1. The molecule has 1 aromatic heterocycles. The van der Waals surface area contributed by atoms with Crippen LogP contribution in [0.15, 0.2) is 5.16 Å². The lowest BCUT2D eigenvalue weighted by molar-refractivity contribution is -0.0192. The van der Waals surface area contributed by atoms with Crippen molar-refractivity contribution in [3.63, 3.8) is 0 Å². The van der Waals surface area contributed by atoms with E-state index in [1.54, 1.807) is 0 Å². The zero-order valence-electron chi connectivity index (χ0n) is 9.76. The van der Waals surface area contributed by atoms with E-state index in [0.29, 0.717) is 5.82 Å². The fourth-order valence-corrected chi connectivity index (χ4v) is 1.64. The molecule has 0 spiro atoms. The van der Waals surface area contributed by atoms with Crippen LogP contribution in [0.1, 0.15) is 26.6 Å². The highest BCUT2D eigenvalue weighted by atomic mass is 32.2. The molecule has 1 heterocycles. The lowest BCUT2D eigenvalue weighted by atomic mass is 10.2. The summed E-state index contributed by atoms with van der Waals surface area (Å²) >= 11 is 0. The van der Waals surface area contributed by atoms with Gasteiger partial charge < -0.3 is 9.30 Å². The average Bonchev–Trinajstić information content (AvgIpc) is 2.41. The van der Waals surface area contributed by atoms with Gasteiger partial charge in [0, 0.05) is 7.05 Å². The van der Waals surface area contributed by atoms with Gasteiger partial charge in [0.1, 0.15) is 6.61 Å². The summed E-state index contributed by atoms with van der Waals surface area (Å²) in [7, 11) is -2.30. The summed E-state index contributed by atoms with van der Waals surface area (Å²) in [4.78, 5) is 0. The lowest BCUT2D eigenvalue weighted by Gasteiger charge is -2.18. The fourth-order valence-electron chi connectivity index (χ4n) is 1.000. The van der Waals surface area contributed by atoms with Crippen molar-refractivity contribution in [2.24, 2.45) is 12.2 Å². The topological polar surface area (TPSA) is 100 Å². The van der Waals surface area contributed by atoms with Crippen LogP contribution in [0, 0.1) is 0 Å². The van der Waals surface area contributed by atoms with Gasteiger partial charge in [0.05, 0.1) is 5.60 Å². The summed E-state index contributed by atoms with van der Waals surface area (Å²) in [5, 5.41) is 11.9. The molecule has 0 atom stereocenters. The summed E-state index contributed by atoms with van der Waals surface area (Å²) in [5.74, 6) is 0.416. The molecule has 0 aliphatic rings. The van der Waals surface area contributed by atoms with E-state index in [4.69, 9.17) is 9.88 Å². The number of hydrogen-bond acceptors (Lipinski definition) is 5. The number of rotatable bonds is 3. The van der Waals surface area contributed by atoms with Gasteiger partial charge in [-0.1, -0.05) is 0 Å². The number of primary sulfonamides is 1. The molecule has 8 heteroatoms. The first kappa shape index (κ1) is 13.1. The molecule has 0 saturated carbocycles. The summed E-state index contributed by atoms with van der Waals surface area (Å²) in [6, 6.07) is 0. The summed E-state index contributed by atoms with van der Waals surface area (Å²) in [6.07, 6.45) is 0. The molecule has 0 radical (unpaired) electrons. The molecule has 92 valence electrons. The normalized spacial score (nSPS) is 13.1. The third-order valence-electron chi connectivity index (χ3n) is 1.81. The monoisotopic (exact) mass is 248 g/mol. The predicted octanol–water partition coefficient (Wildman–Crippen LogP) is -0.222. The fraction of sp³-hybridized carbons (Fsp3) is 0.750. The van der Waals surface area contributed by atoms with Gasteiger partial charge in [0.2, 0.25) is 0 Å². The molecule has 0 saturated heterocycles. The highest BCUT2D eigenvalue weighted by Crippen LogP contribution is 2.11. The largest absolute Gasteiger partial charge is 0.368 e. The van der Waals surface area contributed by atoms with Gasteiger partial charge in [0.15, 0.2) is 5.82 Å². The number of sulfonamides is 1. The van der Waals surface area contributed by atoms with Crippen molar-refractivity contribution in [1.82, 2.24) is 14.8 Å². The lowest BCUT2D eigenvalue weighted by Crippen LogP contribution is -2.21. The van der Waals surface area contributed by atoms with Crippen molar-refractivity contribution in [2.75, 3.05) is 0 Å². The Morgan fingerprint density at radius 1 is 1.38 bits per heavy atom. The quantitative estimate of drug-likeness (QED) is 0.797. The van der Waals surface area contributed by atoms with Crippen LogP contribution in [-0.4, -0.2) is 28.8 Å². The van der Waals surface area contributed by atoms with E-state index in [1.165, 1.54) is 11.6 Å². The minimum atomic E-state index is -3.83. The van der Waals surface area contributed by atoms with Crippen LogP contribution in [0.4, 0.5) is 0 Å². The third-order valence-corrected chi connectivity index (χ3v) is 2.68. The zero-order chi connectivity index (χ0) is 12.6. The first-order chi connectivity index (χ1) is 7.11. The van der Waals surface area contributed by atoms with Crippen molar-refractivity contribution >= 4 is 10.0 Å². The van der Waals surface area contributed by atoms with E-state index >= 15 is 0 Å². The number of ether oxygens (including phenoxy) is 1.